The first-order valence-electron chi connectivity index (χ1n) is 8.62. The number of nitrogens with zero attached hydrogens (tertiary/aromatic N) is 1. The van der Waals surface area contributed by atoms with Gasteiger partial charge < -0.3 is 9.90 Å². The molecule has 4 rings (SSSR count). The molecule has 2 heterocycles. The van der Waals surface area contributed by atoms with Gasteiger partial charge in [0.05, 0.1) is 21.8 Å². The number of benzene rings is 2. The van der Waals surface area contributed by atoms with Crippen LogP contribution in [0.4, 0.5) is 13.2 Å². The van der Waals surface area contributed by atoms with E-state index in [1.54, 1.807) is 18.4 Å². The molecule has 0 saturated carbocycles. The van der Waals surface area contributed by atoms with Crippen molar-refractivity contribution in [3.63, 3.8) is 0 Å². The molecule has 0 saturated heterocycles. The number of hydrogen-bond acceptors (Lipinski definition) is 4. The highest BCUT2D eigenvalue weighted by atomic mass is 32.2. The van der Waals surface area contributed by atoms with Crippen LogP contribution < -0.4 is 5.11 Å². The third-order valence-corrected chi connectivity index (χ3v) is 7.53. The lowest BCUT2D eigenvalue weighted by Crippen LogP contribution is -2.22. The molecule has 0 bridgehead atoms. The topological polar surface area (TPSA) is 53.0 Å². The van der Waals surface area contributed by atoms with Crippen LogP contribution in [0, 0.1) is 6.92 Å². The van der Waals surface area contributed by atoms with Crippen molar-refractivity contribution < 1.29 is 23.1 Å². The van der Waals surface area contributed by atoms with E-state index < -0.39 is 28.4 Å². The summed E-state index contributed by atoms with van der Waals surface area (Å²) in [6, 6.07) is 13.0. The van der Waals surface area contributed by atoms with E-state index in [4.69, 9.17) is 0 Å². The van der Waals surface area contributed by atoms with E-state index in [0.29, 0.717) is 17.7 Å². The monoisotopic (exact) mass is 433 g/mol. The molecular formula is C21H14F3NO2S2. The van der Waals surface area contributed by atoms with Gasteiger partial charge in [-0.25, -0.2) is 0 Å². The molecule has 0 spiro atoms. The molecule has 0 fully saturated rings. The van der Waals surface area contributed by atoms with Gasteiger partial charge in [0, 0.05) is 17.4 Å². The molecule has 1 atom stereocenters. The first kappa shape index (κ1) is 19.6. The van der Waals surface area contributed by atoms with Crippen LogP contribution in [0.15, 0.2) is 53.9 Å². The Kier molecular flexibility index (Phi) is 4.92. The highest BCUT2D eigenvalue weighted by molar-refractivity contribution is 7.37. The fraction of sp³-hybridized carbons (Fsp3) is 0.143. The van der Waals surface area contributed by atoms with Crippen LogP contribution in [0.25, 0.3) is 15.0 Å². The summed E-state index contributed by atoms with van der Waals surface area (Å²) in [5.74, 6) is -1.25. The molecule has 2 aromatic carbocycles. The average Bonchev–Trinajstić information content (AvgIpc) is 3.23. The van der Waals surface area contributed by atoms with Gasteiger partial charge in [-0.1, -0.05) is 30.3 Å². The van der Waals surface area contributed by atoms with E-state index in [-0.39, 0.29) is 5.56 Å². The van der Waals surface area contributed by atoms with Gasteiger partial charge in [0.15, 0.2) is 5.38 Å². The maximum atomic E-state index is 13.0. The summed E-state index contributed by atoms with van der Waals surface area (Å²) in [4.78, 5) is 13.1. The fourth-order valence-electron chi connectivity index (χ4n) is 3.13. The Balaban J connectivity index is 1.72. The van der Waals surface area contributed by atoms with Crippen molar-refractivity contribution in [2.45, 2.75) is 19.5 Å². The number of halogens is 3. The van der Waals surface area contributed by atoms with Crippen molar-refractivity contribution in [3.8, 4) is 4.90 Å². The number of alkyl halides is 3. The van der Waals surface area contributed by atoms with E-state index in [0.717, 1.165) is 25.9 Å². The summed E-state index contributed by atoms with van der Waals surface area (Å²) < 4.78 is 44.3. The van der Waals surface area contributed by atoms with E-state index in [1.807, 2.05) is 24.3 Å². The number of hydrogen-bond donors (Lipinski definition) is 0. The molecule has 0 radical (unpaired) electrons. The second-order valence-corrected chi connectivity index (χ2v) is 9.20. The second kappa shape index (κ2) is 7.27. The average molecular weight is 433 g/mol. The third kappa shape index (κ3) is 3.90. The quantitative estimate of drug-likeness (QED) is 0.410. The lowest BCUT2D eigenvalue weighted by Gasteiger charge is -2.08. The molecule has 8 heteroatoms. The van der Waals surface area contributed by atoms with Gasteiger partial charge in [-0.05, 0) is 34.4 Å². The number of carbonyl (C=O) groups excluding carboxylic acids is 1. The number of aryl methyl sites for hydroxylation is 1. The molecule has 1 unspecified atom stereocenters. The number of carbonyl (C=O) groups is 1. The Hall–Kier alpha value is -2.71. The summed E-state index contributed by atoms with van der Waals surface area (Å²) in [7, 11) is -0.728. The van der Waals surface area contributed by atoms with Gasteiger partial charge in [-0.3, -0.25) is 0 Å². The Morgan fingerprint density at radius 1 is 1.17 bits per heavy atom. The molecule has 0 N–H and O–H groups in total. The number of fused-ring (bicyclic) bond motifs is 1. The zero-order valence-electron chi connectivity index (χ0n) is 15.1. The molecule has 0 amide bonds. The van der Waals surface area contributed by atoms with E-state index in [9.17, 15) is 23.1 Å². The van der Waals surface area contributed by atoms with Crippen LogP contribution in [0.5, 0.6) is 0 Å². The van der Waals surface area contributed by atoms with Gasteiger partial charge in [-0.2, -0.15) is 13.2 Å². The molecular weight excluding hydrogens is 419 g/mol. The van der Waals surface area contributed by atoms with Crippen molar-refractivity contribution in [3.05, 3.63) is 81.2 Å². The van der Waals surface area contributed by atoms with Crippen molar-refractivity contribution in [2.75, 3.05) is 0 Å². The normalized spacial score (nSPS) is 12.5. The number of aromatic carboxylic acids is 1. The van der Waals surface area contributed by atoms with Crippen LogP contribution in [-0.4, -0.2) is 10.3 Å². The van der Waals surface area contributed by atoms with Gasteiger partial charge >= 0.3 is 6.18 Å². The van der Waals surface area contributed by atoms with Crippen molar-refractivity contribution in [2.24, 2.45) is 0 Å². The smallest absolute Gasteiger partial charge is 0.416 e. The molecule has 2 aromatic heterocycles. The Labute approximate surface area is 171 Å². The van der Waals surface area contributed by atoms with E-state index in [2.05, 4.69) is 4.37 Å². The van der Waals surface area contributed by atoms with Crippen LogP contribution in [0.1, 0.15) is 32.1 Å². The summed E-state index contributed by atoms with van der Waals surface area (Å²) in [6.07, 6.45) is -3.98. The zero-order chi connectivity index (χ0) is 20.8. The molecule has 29 heavy (non-hydrogen) atoms. The summed E-state index contributed by atoms with van der Waals surface area (Å²) in [5.41, 5.74) is 0.468. The number of thiophene rings is 1. The highest BCUT2D eigenvalue weighted by Crippen LogP contribution is 2.41. The number of carboxylic acids is 1. The number of carboxylic acid groups (broad SMARTS) is 1. The van der Waals surface area contributed by atoms with E-state index in [1.165, 1.54) is 23.5 Å². The zero-order valence-corrected chi connectivity index (χ0v) is 16.8. The minimum absolute atomic E-state index is 0.103. The van der Waals surface area contributed by atoms with Gasteiger partial charge in [-0.15, -0.1) is 11.3 Å². The van der Waals surface area contributed by atoms with Crippen molar-refractivity contribution in [1.82, 2.24) is 4.37 Å². The lowest BCUT2D eigenvalue weighted by atomic mass is 10.1. The molecule has 148 valence electrons. The van der Waals surface area contributed by atoms with Crippen molar-refractivity contribution >= 4 is 38.1 Å². The second-order valence-electron chi connectivity index (χ2n) is 6.57. The largest absolute Gasteiger partial charge is 0.545 e. The SMILES string of the molecule is Cc1n[s+](-c2cccc3cc(Cc4cccc(C(F)(F)F)c4)sc23)cc1C(=O)[O-]. The maximum Gasteiger partial charge on any atom is 0.416 e. The Morgan fingerprint density at radius 3 is 2.62 bits per heavy atom. The van der Waals surface area contributed by atoms with Crippen molar-refractivity contribution in [1.29, 1.82) is 0 Å². The highest BCUT2D eigenvalue weighted by Gasteiger charge is 2.30. The van der Waals surface area contributed by atoms with Crippen LogP contribution >= 0.6 is 22.0 Å². The summed E-state index contributed by atoms with van der Waals surface area (Å²) >= 11 is 1.49. The van der Waals surface area contributed by atoms with Gasteiger partial charge in [0.1, 0.15) is 16.4 Å². The summed E-state index contributed by atoms with van der Waals surface area (Å²) in [6.45, 7) is 1.64. The van der Waals surface area contributed by atoms with Crippen LogP contribution in [0.3, 0.4) is 0 Å². The maximum absolute atomic E-state index is 13.0. The minimum Gasteiger partial charge on any atom is -0.545 e. The fourth-order valence-corrected chi connectivity index (χ4v) is 6.30. The molecule has 0 aliphatic carbocycles. The number of aromatic nitrogens is 1. The van der Waals surface area contributed by atoms with Crippen LogP contribution in [0.2, 0.25) is 0 Å². The predicted molar refractivity (Wildman–Crippen MR) is 107 cm³/mol. The Bertz CT molecular complexity index is 1220. The van der Waals surface area contributed by atoms with Gasteiger partial charge in [0.25, 0.3) is 0 Å². The first-order valence-corrected chi connectivity index (χ1v) is 10.7. The first-order chi connectivity index (χ1) is 13.7. The summed E-state index contributed by atoms with van der Waals surface area (Å²) in [5, 5.41) is 13.8. The Morgan fingerprint density at radius 2 is 1.93 bits per heavy atom. The lowest BCUT2D eigenvalue weighted by molar-refractivity contribution is -0.255. The van der Waals surface area contributed by atoms with E-state index >= 15 is 0 Å². The minimum atomic E-state index is -4.37. The van der Waals surface area contributed by atoms with Gasteiger partial charge in [0.2, 0.25) is 4.90 Å². The predicted octanol–water partition coefficient (Wildman–Crippen LogP) is 5.32. The molecule has 0 aliphatic heterocycles. The molecule has 3 nitrogen and oxygen atoms in total. The molecule has 0 aliphatic rings. The standard InChI is InChI=1S/C21H14F3NO2S2/c1-12-17(20(26)27)11-29(25-12)18-7-3-5-14-10-16(28-19(14)18)9-13-4-2-6-15(8-13)21(22,23)24/h2-8,10-11H,9H2,1H3. The third-order valence-electron chi connectivity index (χ3n) is 4.49. The van der Waals surface area contributed by atoms with Crippen LogP contribution in [-0.2, 0) is 12.6 Å². The molecule has 4 aromatic rings. The number of rotatable bonds is 4.